The average Bonchev–Trinajstić information content (AvgIpc) is 2.30. The third kappa shape index (κ3) is 2.45. The topological polar surface area (TPSA) is 0 Å². The Morgan fingerprint density at radius 2 is 1.00 bits per heavy atom. The van der Waals surface area contributed by atoms with Crippen molar-refractivity contribution in [3.05, 3.63) is 60.7 Å². The quantitative estimate of drug-likeness (QED) is 0.628. The van der Waals surface area contributed by atoms with Gasteiger partial charge in [0.1, 0.15) is 0 Å². The molecule has 14 heavy (non-hydrogen) atoms. The molecule has 2 aromatic rings. The Balaban J connectivity index is 2.30. The predicted octanol–water partition coefficient (Wildman–Crippen LogP) is 2.19. The van der Waals surface area contributed by atoms with Crippen LogP contribution in [-0.2, 0) is 0 Å². The fraction of sp³-hybridized carbons (Fsp3) is 0. The number of benzene rings is 2. The monoisotopic (exact) mass is 441 g/mol. The second kappa shape index (κ2) is 5.07. The van der Waals surface area contributed by atoms with Crippen LogP contribution in [0.15, 0.2) is 60.7 Å². The second-order valence-electron chi connectivity index (χ2n) is 3.05. The molecule has 0 aliphatic carbocycles. The molecule has 0 saturated carbocycles. The molecule has 0 heterocycles. The van der Waals surface area contributed by atoms with E-state index in [1.165, 1.54) is 6.25 Å². The van der Waals surface area contributed by atoms with E-state index in [0.717, 1.165) is 0 Å². The Hall–Kier alpha value is -0.158. The van der Waals surface area contributed by atoms with Crippen LogP contribution < -0.4 is 6.25 Å². The Bertz CT molecular complexity index is 346. The summed E-state index contributed by atoms with van der Waals surface area (Å²) in [5.74, 6) is 0. The van der Waals surface area contributed by atoms with E-state index in [1.807, 2.05) is 0 Å². The van der Waals surface area contributed by atoms with Gasteiger partial charge in [-0.15, -0.1) is 0 Å². The molecule has 0 unspecified atom stereocenters. The van der Waals surface area contributed by atoms with Crippen molar-refractivity contribution in [2.75, 3.05) is 0 Å². The first-order valence-electron chi connectivity index (χ1n) is 4.51. The maximum absolute atomic E-state index is 3.91. The standard InChI is InChI=1S/2C6H5.BrH.Pb/c2*1-2-4-6-5-3-1;;/h2*1-5H;1H;/q;;;+1/p-1. The van der Waals surface area contributed by atoms with Gasteiger partial charge in [0.05, 0.1) is 0 Å². The first kappa shape index (κ1) is 10.4. The van der Waals surface area contributed by atoms with E-state index >= 15 is 0 Å². The summed E-state index contributed by atoms with van der Waals surface area (Å²) in [6.45, 7) is 0. The summed E-state index contributed by atoms with van der Waals surface area (Å²) in [5, 5.41) is 0. The zero-order valence-electron chi connectivity index (χ0n) is 7.65. The molecule has 0 aliphatic heterocycles. The Morgan fingerprint density at radius 1 is 0.643 bits per heavy atom. The Morgan fingerprint density at radius 3 is 1.36 bits per heavy atom. The molecular formula is C12H10BrPb. The van der Waals surface area contributed by atoms with Crippen LogP contribution in [0.4, 0.5) is 0 Å². The molecule has 0 saturated heterocycles. The molecule has 1 radical (unpaired) electrons. The summed E-state index contributed by atoms with van der Waals surface area (Å²) < 4.78 is 3.01. The fourth-order valence-corrected chi connectivity index (χ4v) is 11.0. The first-order valence-corrected chi connectivity index (χ1v) is 16.8. The van der Waals surface area contributed by atoms with E-state index in [2.05, 4.69) is 72.6 Å². The van der Waals surface area contributed by atoms with Crippen molar-refractivity contribution in [1.82, 2.24) is 0 Å². The molecule has 0 fully saturated rings. The van der Waals surface area contributed by atoms with Crippen molar-refractivity contribution >= 4 is 38.5 Å². The molecule has 69 valence electrons. The molecule has 0 N–H and O–H groups in total. The first-order chi connectivity index (χ1) is 6.88. The summed E-state index contributed by atoms with van der Waals surface area (Å²) >= 11 is 2.05. The van der Waals surface area contributed by atoms with E-state index < -0.39 is 20.3 Å². The van der Waals surface area contributed by atoms with Crippen molar-refractivity contribution < 1.29 is 0 Å². The van der Waals surface area contributed by atoms with Crippen molar-refractivity contribution in [1.29, 1.82) is 0 Å². The summed E-state index contributed by atoms with van der Waals surface area (Å²) in [6, 6.07) is 21.5. The summed E-state index contributed by atoms with van der Waals surface area (Å²) in [7, 11) is 0. The van der Waals surface area contributed by atoms with Crippen molar-refractivity contribution in [2.45, 2.75) is 0 Å². The number of halogens is 1. The van der Waals surface area contributed by atoms with Crippen LogP contribution in [0.1, 0.15) is 0 Å². The zero-order chi connectivity index (χ0) is 9.80. The van der Waals surface area contributed by atoms with Crippen LogP contribution in [0.25, 0.3) is 0 Å². The van der Waals surface area contributed by atoms with Crippen LogP contribution in [-0.4, -0.2) is 20.3 Å². The van der Waals surface area contributed by atoms with Crippen LogP contribution >= 0.6 is 12.0 Å². The molecule has 0 amide bonds. The molecule has 0 aliphatic rings. The summed E-state index contributed by atoms with van der Waals surface area (Å²) in [4.78, 5) is 0. The number of hydrogen-bond acceptors (Lipinski definition) is 0. The molecular weight excluding hydrogens is 431 g/mol. The van der Waals surface area contributed by atoms with Crippen molar-refractivity contribution in [3.8, 4) is 0 Å². The minimum atomic E-state index is -1.85. The maximum atomic E-state index is 3.91. The van der Waals surface area contributed by atoms with Gasteiger partial charge < -0.3 is 0 Å². The average molecular weight is 441 g/mol. The molecule has 0 aromatic heterocycles. The van der Waals surface area contributed by atoms with Gasteiger partial charge in [0.25, 0.3) is 0 Å². The molecule has 0 atom stereocenters. The zero-order valence-corrected chi connectivity index (χ0v) is 13.1. The van der Waals surface area contributed by atoms with Gasteiger partial charge in [-0.1, -0.05) is 0 Å². The molecule has 0 nitrogen and oxygen atoms in total. The van der Waals surface area contributed by atoms with Gasteiger partial charge in [0.2, 0.25) is 0 Å². The van der Waals surface area contributed by atoms with Gasteiger partial charge in [-0.25, -0.2) is 0 Å². The summed E-state index contributed by atoms with van der Waals surface area (Å²) in [6.07, 6.45) is 0. The van der Waals surface area contributed by atoms with E-state index in [-0.39, 0.29) is 0 Å². The van der Waals surface area contributed by atoms with Crippen molar-refractivity contribution in [2.24, 2.45) is 0 Å². The molecule has 2 heteroatoms. The minimum absolute atomic E-state index is 1.50. The normalized spacial score (nSPS) is 10.4. The van der Waals surface area contributed by atoms with E-state index in [9.17, 15) is 0 Å². The molecule has 0 spiro atoms. The number of rotatable bonds is 2. The Kier molecular flexibility index (Phi) is 3.75. The van der Waals surface area contributed by atoms with Gasteiger partial charge in [0, 0.05) is 0 Å². The third-order valence-electron chi connectivity index (χ3n) is 2.05. The van der Waals surface area contributed by atoms with E-state index in [0.29, 0.717) is 0 Å². The van der Waals surface area contributed by atoms with E-state index in [4.69, 9.17) is 0 Å². The van der Waals surface area contributed by atoms with Gasteiger partial charge in [-0.05, 0) is 0 Å². The van der Waals surface area contributed by atoms with Crippen LogP contribution in [0.3, 0.4) is 0 Å². The third-order valence-corrected chi connectivity index (χ3v) is 16.6. The van der Waals surface area contributed by atoms with Gasteiger partial charge in [-0.3, -0.25) is 0 Å². The van der Waals surface area contributed by atoms with Crippen LogP contribution in [0.5, 0.6) is 0 Å². The van der Waals surface area contributed by atoms with Gasteiger partial charge in [0.15, 0.2) is 0 Å². The molecule has 0 bridgehead atoms. The molecule has 2 rings (SSSR count). The van der Waals surface area contributed by atoms with Crippen LogP contribution in [0, 0.1) is 0 Å². The summed E-state index contributed by atoms with van der Waals surface area (Å²) in [5.41, 5.74) is 0. The van der Waals surface area contributed by atoms with E-state index in [1.54, 1.807) is 0 Å². The predicted molar refractivity (Wildman–Crippen MR) is 66.8 cm³/mol. The number of hydrogen-bond donors (Lipinski definition) is 0. The second-order valence-corrected chi connectivity index (χ2v) is 16.9. The van der Waals surface area contributed by atoms with Gasteiger partial charge >= 0.3 is 99.2 Å². The SMILES string of the molecule is [Br][Pb]([c]1ccccc1)[c]1ccccc1. The fourth-order valence-electron chi connectivity index (χ4n) is 1.34. The Labute approximate surface area is 98.4 Å². The molecule has 2 aromatic carbocycles. The van der Waals surface area contributed by atoms with Crippen LogP contribution in [0.2, 0.25) is 0 Å². The van der Waals surface area contributed by atoms with Crippen molar-refractivity contribution in [3.63, 3.8) is 0 Å². The van der Waals surface area contributed by atoms with Gasteiger partial charge in [-0.2, -0.15) is 0 Å².